The third-order valence-corrected chi connectivity index (χ3v) is 8.74. The van der Waals surface area contributed by atoms with Crippen LogP contribution in [0.15, 0.2) is 18.2 Å². The average molecular weight is 332 g/mol. The van der Waals surface area contributed by atoms with Crippen molar-refractivity contribution < 1.29 is 9.22 Å². The number of hydrogen-bond acceptors (Lipinski definition) is 2. The summed E-state index contributed by atoms with van der Waals surface area (Å²) in [6.07, 6.45) is 0.694. The Bertz CT molecular complexity index is 618. The highest BCUT2D eigenvalue weighted by Gasteiger charge is 2.36. The lowest BCUT2D eigenvalue weighted by Crippen LogP contribution is -2.40. The standard InChI is InChI=1S/C19H29NO2Si/c1-15-11-12-18(20-16(2)21)17(14-15)10-8-9-13-22-23(6,7)19(3,4)5/h11-12,14H,9,13H2,1-7H3,(H,20,21). The van der Waals surface area contributed by atoms with Gasteiger partial charge in [0, 0.05) is 25.5 Å². The number of hydrogen-bond donors (Lipinski definition) is 1. The van der Waals surface area contributed by atoms with Gasteiger partial charge in [-0.2, -0.15) is 0 Å². The maximum absolute atomic E-state index is 11.3. The van der Waals surface area contributed by atoms with Gasteiger partial charge in [-0.1, -0.05) is 38.7 Å². The van der Waals surface area contributed by atoms with Crippen LogP contribution in [0.2, 0.25) is 18.1 Å². The summed E-state index contributed by atoms with van der Waals surface area (Å²) in [6, 6.07) is 5.86. The number of carbonyl (C=O) groups excluding carboxylic acids is 1. The van der Waals surface area contributed by atoms with Gasteiger partial charge in [0.1, 0.15) is 0 Å². The van der Waals surface area contributed by atoms with Crippen LogP contribution in [-0.4, -0.2) is 20.8 Å². The Kier molecular flexibility index (Phi) is 6.61. The van der Waals surface area contributed by atoms with Crippen molar-refractivity contribution in [3.8, 4) is 11.8 Å². The highest BCUT2D eigenvalue weighted by Crippen LogP contribution is 2.36. The Balaban J connectivity index is 2.70. The molecule has 126 valence electrons. The largest absolute Gasteiger partial charge is 0.416 e. The van der Waals surface area contributed by atoms with Gasteiger partial charge in [-0.05, 0) is 42.8 Å². The van der Waals surface area contributed by atoms with Crippen molar-refractivity contribution in [2.75, 3.05) is 11.9 Å². The number of anilines is 1. The molecule has 0 bridgehead atoms. The minimum absolute atomic E-state index is 0.0850. The summed E-state index contributed by atoms with van der Waals surface area (Å²) in [5.74, 6) is 6.23. The fourth-order valence-electron chi connectivity index (χ4n) is 1.79. The summed E-state index contributed by atoms with van der Waals surface area (Å²) >= 11 is 0. The minimum Gasteiger partial charge on any atom is -0.416 e. The molecule has 0 unspecified atom stereocenters. The van der Waals surface area contributed by atoms with Crippen molar-refractivity contribution >= 4 is 19.9 Å². The van der Waals surface area contributed by atoms with Crippen molar-refractivity contribution in [2.24, 2.45) is 0 Å². The number of rotatable bonds is 4. The third-order valence-electron chi connectivity index (χ3n) is 4.20. The Morgan fingerprint density at radius 1 is 1.30 bits per heavy atom. The lowest BCUT2D eigenvalue weighted by Gasteiger charge is -2.35. The van der Waals surface area contributed by atoms with Gasteiger partial charge in [-0.25, -0.2) is 0 Å². The predicted molar refractivity (Wildman–Crippen MR) is 100 cm³/mol. The van der Waals surface area contributed by atoms with E-state index in [1.54, 1.807) is 0 Å². The number of amides is 1. The maximum Gasteiger partial charge on any atom is 0.221 e. The zero-order valence-electron chi connectivity index (χ0n) is 15.5. The van der Waals surface area contributed by atoms with E-state index in [1.165, 1.54) is 6.92 Å². The van der Waals surface area contributed by atoms with Crippen LogP contribution in [0.5, 0.6) is 0 Å². The Morgan fingerprint density at radius 3 is 2.52 bits per heavy atom. The fourth-order valence-corrected chi connectivity index (χ4v) is 2.84. The zero-order valence-corrected chi connectivity index (χ0v) is 16.5. The minimum atomic E-state index is -1.70. The molecule has 1 rings (SSSR count). The Morgan fingerprint density at radius 2 is 1.96 bits per heavy atom. The van der Waals surface area contributed by atoms with Crippen LogP contribution >= 0.6 is 0 Å². The molecular weight excluding hydrogens is 302 g/mol. The smallest absolute Gasteiger partial charge is 0.221 e. The van der Waals surface area contributed by atoms with Crippen molar-refractivity contribution in [1.29, 1.82) is 0 Å². The van der Waals surface area contributed by atoms with E-state index in [2.05, 4.69) is 51.0 Å². The van der Waals surface area contributed by atoms with E-state index in [0.717, 1.165) is 16.8 Å². The first-order valence-corrected chi connectivity index (χ1v) is 10.9. The molecular formula is C19H29NO2Si. The molecule has 0 heterocycles. The number of benzene rings is 1. The third kappa shape index (κ3) is 6.21. The molecule has 0 aliphatic carbocycles. The van der Waals surface area contributed by atoms with Crippen LogP contribution in [0, 0.1) is 18.8 Å². The van der Waals surface area contributed by atoms with Gasteiger partial charge >= 0.3 is 0 Å². The molecule has 0 fully saturated rings. The molecule has 1 aromatic rings. The number of carbonyl (C=O) groups is 1. The Hall–Kier alpha value is -1.57. The van der Waals surface area contributed by atoms with Crippen LogP contribution in [-0.2, 0) is 9.22 Å². The highest BCUT2D eigenvalue weighted by molar-refractivity contribution is 6.74. The number of aryl methyl sites for hydroxylation is 1. The Labute approximate surface area is 142 Å². The van der Waals surface area contributed by atoms with E-state index in [9.17, 15) is 4.79 Å². The molecule has 23 heavy (non-hydrogen) atoms. The first-order chi connectivity index (χ1) is 10.5. The van der Waals surface area contributed by atoms with E-state index in [4.69, 9.17) is 4.43 Å². The molecule has 4 heteroatoms. The lowest BCUT2D eigenvalue weighted by molar-refractivity contribution is -0.114. The van der Waals surface area contributed by atoms with Crippen LogP contribution in [0.4, 0.5) is 5.69 Å². The summed E-state index contributed by atoms with van der Waals surface area (Å²) in [5, 5.41) is 3.04. The molecule has 0 aromatic heterocycles. The maximum atomic E-state index is 11.3. The molecule has 0 saturated carbocycles. The number of nitrogens with one attached hydrogen (secondary N) is 1. The van der Waals surface area contributed by atoms with Gasteiger partial charge in [0.2, 0.25) is 5.91 Å². The van der Waals surface area contributed by atoms with Gasteiger partial charge in [0.25, 0.3) is 0 Å². The van der Waals surface area contributed by atoms with Gasteiger partial charge in [-0.15, -0.1) is 0 Å². The molecule has 0 spiro atoms. The van der Waals surface area contributed by atoms with Crippen LogP contribution in [0.25, 0.3) is 0 Å². The fraction of sp³-hybridized carbons (Fsp3) is 0.526. The normalized spacial score (nSPS) is 11.6. The zero-order chi connectivity index (χ0) is 17.7. The molecule has 1 aromatic carbocycles. The molecule has 0 atom stereocenters. The highest BCUT2D eigenvalue weighted by atomic mass is 28.4. The molecule has 1 N–H and O–H groups in total. The van der Waals surface area contributed by atoms with E-state index in [-0.39, 0.29) is 10.9 Å². The summed E-state index contributed by atoms with van der Waals surface area (Å²) in [6.45, 7) is 15.4. The van der Waals surface area contributed by atoms with Gasteiger partial charge in [-0.3, -0.25) is 4.79 Å². The molecule has 0 radical (unpaired) electrons. The second-order valence-electron chi connectivity index (χ2n) is 7.39. The SMILES string of the molecule is CC(=O)Nc1ccc(C)cc1C#CCCO[Si](C)(C)C(C)(C)C. The molecule has 0 aliphatic heterocycles. The first-order valence-electron chi connectivity index (χ1n) is 8.04. The summed E-state index contributed by atoms with van der Waals surface area (Å²) in [7, 11) is -1.70. The summed E-state index contributed by atoms with van der Waals surface area (Å²) in [4.78, 5) is 11.3. The van der Waals surface area contributed by atoms with E-state index >= 15 is 0 Å². The van der Waals surface area contributed by atoms with E-state index in [0.29, 0.717) is 13.0 Å². The molecule has 0 saturated heterocycles. The lowest BCUT2D eigenvalue weighted by atomic mass is 10.1. The molecule has 1 amide bonds. The second kappa shape index (κ2) is 7.81. The molecule has 0 aliphatic rings. The van der Waals surface area contributed by atoms with Crippen molar-refractivity contribution in [3.63, 3.8) is 0 Å². The second-order valence-corrected chi connectivity index (χ2v) is 12.2. The van der Waals surface area contributed by atoms with E-state index < -0.39 is 8.32 Å². The quantitative estimate of drug-likeness (QED) is 0.492. The van der Waals surface area contributed by atoms with Crippen LogP contribution < -0.4 is 5.32 Å². The predicted octanol–water partition coefficient (Wildman–Crippen LogP) is 4.72. The average Bonchev–Trinajstić information content (AvgIpc) is 2.39. The summed E-state index contributed by atoms with van der Waals surface area (Å²) < 4.78 is 6.12. The summed E-state index contributed by atoms with van der Waals surface area (Å²) in [5.41, 5.74) is 2.74. The van der Waals surface area contributed by atoms with Crippen molar-refractivity contribution in [3.05, 3.63) is 29.3 Å². The first kappa shape index (κ1) is 19.5. The van der Waals surface area contributed by atoms with Crippen molar-refractivity contribution in [1.82, 2.24) is 0 Å². The van der Waals surface area contributed by atoms with Crippen LogP contribution in [0.3, 0.4) is 0 Å². The monoisotopic (exact) mass is 331 g/mol. The van der Waals surface area contributed by atoms with Gasteiger partial charge in [0.05, 0.1) is 5.69 Å². The topological polar surface area (TPSA) is 38.3 Å². The van der Waals surface area contributed by atoms with Gasteiger partial charge < -0.3 is 9.74 Å². The van der Waals surface area contributed by atoms with Crippen LogP contribution in [0.1, 0.15) is 45.2 Å². The molecule has 3 nitrogen and oxygen atoms in total. The van der Waals surface area contributed by atoms with Gasteiger partial charge in [0.15, 0.2) is 8.32 Å². The van der Waals surface area contributed by atoms with E-state index in [1.807, 2.05) is 25.1 Å². The van der Waals surface area contributed by atoms with Crippen molar-refractivity contribution in [2.45, 2.75) is 59.2 Å².